The summed E-state index contributed by atoms with van der Waals surface area (Å²) in [4.78, 5) is 18.2. The lowest BCUT2D eigenvalue weighted by molar-refractivity contribution is -0.114. The lowest BCUT2D eigenvalue weighted by Crippen LogP contribution is -2.09. The van der Waals surface area contributed by atoms with Crippen LogP contribution in [-0.4, -0.2) is 17.5 Å². The summed E-state index contributed by atoms with van der Waals surface area (Å²) in [5.41, 5.74) is 11.0. The van der Waals surface area contributed by atoms with Gasteiger partial charge in [0.1, 0.15) is 0 Å². The Kier molecular flexibility index (Phi) is 13.8. The number of unbranched alkanes of at least 4 members (excludes halogenated alkanes) is 2. The first-order valence-corrected chi connectivity index (χ1v) is 15.2. The van der Waals surface area contributed by atoms with Gasteiger partial charge in [-0.15, -0.1) is 19.7 Å². The van der Waals surface area contributed by atoms with Gasteiger partial charge in [0.2, 0.25) is 0 Å². The highest BCUT2D eigenvalue weighted by atomic mass is 16.1. The monoisotopic (exact) mass is 537 g/mol. The second-order valence-corrected chi connectivity index (χ2v) is 11.0. The summed E-state index contributed by atoms with van der Waals surface area (Å²) in [6.45, 7) is 22.4. The molecule has 2 heteroatoms. The number of fused-ring (bicyclic) bond motifs is 3. The van der Waals surface area contributed by atoms with Gasteiger partial charge < -0.3 is 0 Å². The van der Waals surface area contributed by atoms with Crippen LogP contribution in [0.3, 0.4) is 0 Å². The first kappa shape index (κ1) is 32.9. The minimum Gasteiger partial charge on any atom is -0.295 e. The van der Waals surface area contributed by atoms with Gasteiger partial charge in [0, 0.05) is 17.5 Å². The molecule has 1 aliphatic carbocycles. The van der Waals surface area contributed by atoms with E-state index in [9.17, 15) is 4.79 Å². The molecule has 0 radical (unpaired) electrons. The van der Waals surface area contributed by atoms with Crippen LogP contribution in [0.15, 0.2) is 84.9 Å². The van der Waals surface area contributed by atoms with Gasteiger partial charge in [-0.05, 0) is 104 Å². The number of rotatable bonds is 6. The molecule has 0 spiro atoms. The molecule has 1 heterocycles. The van der Waals surface area contributed by atoms with Gasteiger partial charge in [-0.3, -0.25) is 9.79 Å². The zero-order valence-electron chi connectivity index (χ0n) is 26.0. The third-order valence-corrected chi connectivity index (χ3v) is 7.71. The smallest absolute Gasteiger partial charge is 0.156 e. The first-order chi connectivity index (χ1) is 19.3. The predicted octanol–water partition coefficient (Wildman–Crippen LogP) is 10.2. The highest BCUT2D eigenvalue weighted by Crippen LogP contribution is 2.38. The van der Waals surface area contributed by atoms with Crippen LogP contribution in [0, 0.1) is 12.8 Å². The topological polar surface area (TPSA) is 29.4 Å². The Bertz CT molecular complexity index is 1220. The minimum absolute atomic E-state index is 0.0734. The maximum Gasteiger partial charge on any atom is 0.156 e. The van der Waals surface area contributed by atoms with Crippen molar-refractivity contribution in [3.05, 3.63) is 113 Å². The van der Waals surface area contributed by atoms with Crippen molar-refractivity contribution >= 4 is 17.1 Å². The standard InChI is InChI=1S/C33H41NO.C3H6.C2H4/c1-6-8-9-10-27-20-31-29-18-12-22(3)11-17-28(35)21-30(29)24(5)34-33(32(31)19-23(27)4)26-15-13-25(7-2)14-16-26;1-3-2;1-2/h13-16,18-22,24H,6-12,17H2,1-5H3;3H,1H2,2H3;1-2H2/b29-18+,30-21-;;/t22?,24-;;/m0../s1. The van der Waals surface area contributed by atoms with Crippen molar-refractivity contribution in [2.45, 2.75) is 99.0 Å². The Morgan fingerprint density at radius 2 is 1.70 bits per heavy atom. The second-order valence-electron chi connectivity index (χ2n) is 11.0. The predicted molar refractivity (Wildman–Crippen MR) is 177 cm³/mol. The van der Waals surface area contributed by atoms with E-state index in [2.05, 4.69) is 96.8 Å². The summed E-state index contributed by atoms with van der Waals surface area (Å²) in [5, 5.41) is 0. The number of hydrogen-bond acceptors (Lipinski definition) is 2. The molecule has 1 aliphatic heterocycles. The maximum absolute atomic E-state index is 12.9. The molecule has 0 fully saturated rings. The van der Waals surface area contributed by atoms with Crippen LogP contribution in [0.1, 0.15) is 107 Å². The molecular weight excluding hydrogens is 486 g/mol. The Morgan fingerprint density at radius 3 is 2.33 bits per heavy atom. The lowest BCUT2D eigenvalue weighted by Gasteiger charge is -2.18. The number of carbonyl (C=O) groups is 1. The first-order valence-electron chi connectivity index (χ1n) is 15.2. The van der Waals surface area contributed by atoms with Crippen LogP contribution >= 0.6 is 0 Å². The number of allylic oxidation sites excluding steroid dienone is 3. The van der Waals surface area contributed by atoms with Crippen LogP contribution in [0.5, 0.6) is 0 Å². The second kappa shape index (κ2) is 16.8. The molecule has 0 aromatic heterocycles. The highest BCUT2D eigenvalue weighted by molar-refractivity contribution is 6.17. The molecule has 1 unspecified atom stereocenters. The molecule has 214 valence electrons. The number of aryl methyl sites for hydroxylation is 3. The van der Waals surface area contributed by atoms with Gasteiger partial charge in [-0.2, -0.15) is 0 Å². The van der Waals surface area contributed by atoms with E-state index in [0.29, 0.717) is 12.3 Å². The summed E-state index contributed by atoms with van der Waals surface area (Å²) < 4.78 is 0. The molecule has 0 saturated heterocycles. The van der Waals surface area contributed by atoms with Gasteiger partial charge in [0.15, 0.2) is 5.78 Å². The van der Waals surface area contributed by atoms with Gasteiger partial charge in [0.05, 0.1) is 11.8 Å². The molecule has 2 aliphatic rings. The Morgan fingerprint density at radius 1 is 1.02 bits per heavy atom. The zero-order chi connectivity index (χ0) is 29.7. The Hall–Kier alpha value is -3.26. The molecular formula is C38H51NO. The molecule has 40 heavy (non-hydrogen) atoms. The third-order valence-electron chi connectivity index (χ3n) is 7.71. The summed E-state index contributed by atoms with van der Waals surface area (Å²) in [7, 11) is 0. The van der Waals surface area contributed by atoms with Crippen molar-refractivity contribution in [2.75, 3.05) is 0 Å². The lowest BCUT2D eigenvalue weighted by atomic mass is 9.85. The van der Waals surface area contributed by atoms with Gasteiger partial charge in [-0.25, -0.2) is 0 Å². The molecule has 0 saturated carbocycles. The SMILES string of the molecule is C=C.C=CC.CCCCCc1cc2c(cc1C)C(c1ccc(CC)cc1)=N[C@@H](C)C1=C/C(=O)CCC(C)C/C=C\12. The van der Waals surface area contributed by atoms with E-state index in [0.717, 1.165) is 42.5 Å². The van der Waals surface area contributed by atoms with Crippen molar-refractivity contribution in [1.82, 2.24) is 0 Å². The van der Waals surface area contributed by atoms with E-state index >= 15 is 0 Å². The quantitative estimate of drug-likeness (QED) is 0.266. The van der Waals surface area contributed by atoms with Crippen molar-refractivity contribution in [3.8, 4) is 0 Å². The van der Waals surface area contributed by atoms with Gasteiger partial charge in [0.25, 0.3) is 0 Å². The van der Waals surface area contributed by atoms with Crippen LogP contribution in [0.25, 0.3) is 5.57 Å². The van der Waals surface area contributed by atoms with Crippen LogP contribution < -0.4 is 0 Å². The molecule has 2 atom stereocenters. The third kappa shape index (κ3) is 8.62. The average Bonchev–Trinajstić information content (AvgIpc) is 3.00. The number of carbonyl (C=O) groups excluding carboxylic acids is 1. The summed E-state index contributed by atoms with van der Waals surface area (Å²) in [5.74, 6) is 0.729. The Balaban J connectivity index is 0.00000105. The maximum atomic E-state index is 12.9. The normalized spacial score (nSPS) is 20.9. The Labute approximate surface area is 244 Å². The molecule has 4 rings (SSSR count). The molecule has 2 aromatic carbocycles. The molecule has 0 bridgehead atoms. The van der Waals surface area contributed by atoms with Crippen molar-refractivity contribution in [3.63, 3.8) is 0 Å². The molecule has 2 aromatic rings. The number of benzene rings is 2. The van der Waals surface area contributed by atoms with Crippen LogP contribution in [0.4, 0.5) is 0 Å². The number of ketones is 1. The van der Waals surface area contributed by atoms with Crippen molar-refractivity contribution in [2.24, 2.45) is 10.9 Å². The fourth-order valence-corrected chi connectivity index (χ4v) is 5.35. The van der Waals surface area contributed by atoms with Crippen LogP contribution in [-0.2, 0) is 17.6 Å². The van der Waals surface area contributed by atoms with Gasteiger partial charge in [-0.1, -0.05) is 76.1 Å². The molecule has 0 amide bonds. The van der Waals surface area contributed by atoms with Crippen molar-refractivity contribution in [1.29, 1.82) is 0 Å². The largest absolute Gasteiger partial charge is 0.295 e. The summed E-state index contributed by atoms with van der Waals surface area (Å²) in [6.07, 6.45) is 14.4. The number of nitrogens with zero attached hydrogens (tertiary/aromatic N) is 1. The fraction of sp³-hybridized carbons (Fsp3) is 0.421. The summed E-state index contributed by atoms with van der Waals surface area (Å²) >= 11 is 0. The van der Waals surface area contributed by atoms with E-state index in [4.69, 9.17) is 4.99 Å². The number of aliphatic imine (C=N–C) groups is 1. The molecule has 0 N–H and O–H groups in total. The van der Waals surface area contributed by atoms with E-state index < -0.39 is 0 Å². The van der Waals surface area contributed by atoms with Crippen molar-refractivity contribution < 1.29 is 4.79 Å². The van der Waals surface area contributed by atoms with E-state index in [1.807, 2.05) is 13.0 Å². The average molecular weight is 538 g/mol. The van der Waals surface area contributed by atoms with E-state index in [1.165, 1.54) is 52.7 Å². The fourth-order valence-electron chi connectivity index (χ4n) is 5.35. The highest BCUT2D eigenvalue weighted by Gasteiger charge is 2.27. The summed E-state index contributed by atoms with van der Waals surface area (Å²) in [6, 6.07) is 13.6. The van der Waals surface area contributed by atoms with E-state index in [-0.39, 0.29) is 11.8 Å². The van der Waals surface area contributed by atoms with Crippen LogP contribution in [0.2, 0.25) is 0 Å². The number of hydrogen-bond donors (Lipinski definition) is 0. The van der Waals surface area contributed by atoms with E-state index in [1.54, 1.807) is 6.08 Å². The molecule has 2 nitrogen and oxygen atoms in total. The zero-order valence-corrected chi connectivity index (χ0v) is 26.0. The minimum atomic E-state index is -0.0734. The van der Waals surface area contributed by atoms with Gasteiger partial charge >= 0.3 is 0 Å².